The number of nitrogens with two attached hydrogens (primary N) is 1. The summed E-state index contributed by atoms with van der Waals surface area (Å²) in [6.07, 6.45) is 0.913. The van der Waals surface area contributed by atoms with Gasteiger partial charge in [0, 0.05) is 0 Å². The van der Waals surface area contributed by atoms with Crippen LogP contribution in [0, 0.1) is 11.3 Å². The highest BCUT2D eigenvalue weighted by atomic mass is 16.5. The van der Waals surface area contributed by atoms with Crippen molar-refractivity contribution in [3.05, 3.63) is 58.2 Å². The summed E-state index contributed by atoms with van der Waals surface area (Å²) in [7, 11) is 0. The van der Waals surface area contributed by atoms with E-state index in [0.717, 1.165) is 12.0 Å². The SMILES string of the molecule is CCOC(=O)C1=C(C)OC(N)=C(C#N)C1c1ccc(CC)cc1. The molecule has 0 fully saturated rings. The molecule has 1 heterocycles. The smallest absolute Gasteiger partial charge is 0.338 e. The van der Waals surface area contributed by atoms with Crippen LogP contribution in [0.15, 0.2) is 47.1 Å². The standard InChI is InChI=1S/C18H20N2O3/c1-4-12-6-8-13(9-7-12)16-14(10-19)17(20)23-11(3)15(16)18(21)22-5-2/h6-9,16H,4-5,20H2,1-3H3. The lowest BCUT2D eigenvalue weighted by atomic mass is 9.83. The van der Waals surface area contributed by atoms with Crippen molar-refractivity contribution in [2.24, 2.45) is 5.73 Å². The molecule has 23 heavy (non-hydrogen) atoms. The second-order valence-electron chi connectivity index (χ2n) is 5.21. The highest BCUT2D eigenvalue weighted by Gasteiger charge is 2.36. The van der Waals surface area contributed by atoms with Gasteiger partial charge in [-0.15, -0.1) is 0 Å². The Kier molecular flexibility index (Phi) is 5.07. The van der Waals surface area contributed by atoms with E-state index in [1.807, 2.05) is 24.3 Å². The average molecular weight is 312 g/mol. The van der Waals surface area contributed by atoms with Crippen LogP contribution in [0.5, 0.6) is 0 Å². The minimum Gasteiger partial charge on any atom is -0.463 e. The first-order chi connectivity index (χ1) is 11.0. The number of esters is 1. The third-order valence-corrected chi connectivity index (χ3v) is 3.82. The van der Waals surface area contributed by atoms with Gasteiger partial charge < -0.3 is 15.2 Å². The van der Waals surface area contributed by atoms with Crippen molar-refractivity contribution >= 4 is 5.97 Å². The van der Waals surface area contributed by atoms with Gasteiger partial charge in [-0.05, 0) is 31.4 Å². The molecule has 0 amide bonds. The number of hydrogen-bond donors (Lipinski definition) is 1. The molecule has 1 aromatic rings. The van der Waals surface area contributed by atoms with E-state index in [0.29, 0.717) is 11.3 Å². The molecule has 120 valence electrons. The number of carbonyl (C=O) groups is 1. The summed E-state index contributed by atoms with van der Waals surface area (Å²) in [5.41, 5.74) is 8.38. The van der Waals surface area contributed by atoms with Crippen molar-refractivity contribution in [1.82, 2.24) is 0 Å². The summed E-state index contributed by atoms with van der Waals surface area (Å²) in [6, 6.07) is 9.84. The quantitative estimate of drug-likeness (QED) is 0.864. The summed E-state index contributed by atoms with van der Waals surface area (Å²) in [5.74, 6) is -0.666. The summed E-state index contributed by atoms with van der Waals surface area (Å²) in [6.45, 7) is 5.70. The molecular formula is C18H20N2O3. The molecule has 5 heteroatoms. The fraction of sp³-hybridized carbons (Fsp3) is 0.333. The number of aryl methyl sites for hydroxylation is 1. The van der Waals surface area contributed by atoms with E-state index in [-0.39, 0.29) is 18.1 Å². The minimum atomic E-state index is -0.571. The van der Waals surface area contributed by atoms with Gasteiger partial charge in [-0.1, -0.05) is 31.2 Å². The second kappa shape index (κ2) is 7.01. The van der Waals surface area contributed by atoms with Gasteiger partial charge in [-0.25, -0.2) is 4.79 Å². The Morgan fingerprint density at radius 3 is 2.52 bits per heavy atom. The van der Waals surface area contributed by atoms with Crippen molar-refractivity contribution in [1.29, 1.82) is 5.26 Å². The van der Waals surface area contributed by atoms with E-state index in [2.05, 4.69) is 13.0 Å². The first-order valence-corrected chi connectivity index (χ1v) is 7.57. The topological polar surface area (TPSA) is 85.3 Å². The molecule has 0 saturated heterocycles. The normalized spacial score (nSPS) is 17.6. The van der Waals surface area contributed by atoms with Gasteiger partial charge in [0.15, 0.2) is 0 Å². The lowest BCUT2D eigenvalue weighted by Gasteiger charge is -2.26. The van der Waals surface area contributed by atoms with E-state index < -0.39 is 11.9 Å². The first-order valence-electron chi connectivity index (χ1n) is 7.57. The Morgan fingerprint density at radius 2 is 2.00 bits per heavy atom. The van der Waals surface area contributed by atoms with Gasteiger partial charge in [-0.3, -0.25) is 0 Å². The predicted octanol–water partition coefficient (Wildman–Crippen LogP) is 2.89. The van der Waals surface area contributed by atoms with Gasteiger partial charge in [0.1, 0.15) is 17.4 Å². The molecule has 1 aromatic carbocycles. The third-order valence-electron chi connectivity index (χ3n) is 3.82. The molecular weight excluding hydrogens is 292 g/mol. The maximum absolute atomic E-state index is 12.4. The predicted molar refractivity (Wildman–Crippen MR) is 85.8 cm³/mol. The van der Waals surface area contributed by atoms with E-state index in [4.69, 9.17) is 15.2 Å². The summed E-state index contributed by atoms with van der Waals surface area (Å²) in [5, 5.41) is 9.47. The number of nitriles is 1. The minimum absolute atomic E-state index is 0.0302. The van der Waals surface area contributed by atoms with Crippen molar-refractivity contribution in [3.8, 4) is 6.07 Å². The number of nitrogens with zero attached hydrogens (tertiary/aromatic N) is 1. The Hall–Kier alpha value is -2.74. The zero-order valence-corrected chi connectivity index (χ0v) is 13.6. The number of ether oxygens (including phenoxy) is 2. The summed E-state index contributed by atoms with van der Waals surface area (Å²) < 4.78 is 10.5. The highest BCUT2D eigenvalue weighted by molar-refractivity contribution is 5.92. The molecule has 0 aromatic heterocycles. The van der Waals surface area contributed by atoms with Gasteiger partial charge in [-0.2, -0.15) is 5.26 Å². The number of rotatable bonds is 4. The molecule has 2 N–H and O–H groups in total. The van der Waals surface area contributed by atoms with Crippen LogP contribution in [0.2, 0.25) is 0 Å². The van der Waals surface area contributed by atoms with Gasteiger partial charge in [0.05, 0.1) is 18.1 Å². The number of benzene rings is 1. The lowest BCUT2D eigenvalue weighted by molar-refractivity contribution is -0.139. The van der Waals surface area contributed by atoms with Crippen LogP contribution < -0.4 is 5.73 Å². The molecule has 5 nitrogen and oxygen atoms in total. The second-order valence-corrected chi connectivity index (χ2v) is 5.21. The van der Waals surface area contributed by atoms with Gasteiger partial charge in [0.25, 0.3) is 0 Å². The van der Waals surface area contributed by atoms with Crippen LogP contribution in [-0.4, -0.2) is 12.6 Å². The molecule has 0 saturated carbocycles. The van der Waals surface area contributed by atoms with Crippen LogP contribution in [-0.2, 0) is 20.7 Å². The molecule has 0 spiro atoms. The van der Waals surface area contributed by atoms with Crippen LogP contribution in [0.1, 0.15) is 37.8 Å². The maximum Gasteiger partial charge on any atom is 0.338 e. The largest absolute Gasteiger partial charge is 0.463 e. The van der Waals surface area contributed by atoms with Crippen molar-refractivity contribution < 1.29 is 14.3 Å². The molecule has 0 radical (unpaired) electrons. The fourth-order valence-electron chi connectivity index (χ4n) is 2.63. The average Bonchev–Trinajstić information content (AvgIpc) is 2.54. The zero-order chi connectivity index (χ0) is 17.0. The number of carbonyl (C=O) groups excluding carboxylic acids is 1. The van der Waals surface area contributed by atoms with Crippen LogP contribution in [0.4, 0.5) is 0 Å². The third kappa shape index (κ3) is 3.21. The zero-order valence-electron chi connectivity index (χ0n) is 13.6. The molecule has 1 unspecified atom stereocenters. The Labute approximate surface area is 136 Å². The highest BCUT2D eigenvalue weighted by Crippen LogP contribution is 2.39. The maximum atomic E-state index is 12.4. The van der Waals surface area contributed by atoms with Crippen LogP contribution in [0.3, 0.4) is 0 Å². The van der Waals surface area contributed by atoms with E-state index in [1.54, 1.807) is 13.8 Å². The van der Waals surface area contributed by atoms with Gasteiger partial charge >= 0.3 is 5.97 Å². The number of allylic oxidation sites excluding steroid dienone is 2. The summed E-state index contributed by atoms with van der Waals surface area (Å²) in [4.78, 5) is 12.4. The van der Waals surface area contributed by atoms with Crippen molar-refractivity contribution in [2.45, 2.75) is 33.1 Å². The molecule has 1 atom stereocenters. The Morgan fingerprint density at radius 1 is 1.35 bits per heavy atom. The van der Waals surface area contributed by atoms with Crippen LogP contribution >= 0.6 is 0 Å². The molecule has 0 bridgehead atoms. The first kappa shape index (κ1) is 16.6. The van der Waals surface area contributed by atoms with E-state index >= 15 is 0 Å². The number of hydrogen-bond acceptors (Lipinski definition) is 5. The Bertz CT molecular complexity index is 709. The molecule has 1 aliphatic rings. The van der Waals surface area contributed by atoms with E-state index in [9.17, 15) is 10.1 Å². The summed E-state index contributed by atoms with van der Waals surface area (Å²) >= 11 is 0. The molecule has 0 aliphatic carbocycles. The fourth-order valence-corrected chi connectivity index (χ4v) is 2.63. The Balaban J connectivity index is 2.56. The lowest BCUT2D eigenvalue weighted by Crippen LogP contribution is -2.25. The molecule has 1 aliphatic heterocycles. The monoisotopic (exact) mass is 312 g/mol. The van der Waals surface area contributed by atoms with Gasteiger partial charge in [0.2, 0.25) is 5.88 Å². The molecule has 2 rings (SSSR count). The van der Waals surface area contributed by atoms with Crippen LogP contribution in [0.25, 0.3) is 0 Å². The van der Waals surface area contributed by atoms with Crippen molar-refractivity contribution in [2.75, 3.05) is 6.61 Å². The van der Waals surface area contributed by atoms with Crippen molar-refractivity contribution in [3.63, 3.8) is 0 Å². The van der Waals surface area contributed by atoms with E-state index in [1.165, 1.54) is 5.56 Å².